The molecule has 0 aliphatic rings. The summed E-state index contributed by atoms with van der Waals surface area (Å²) in [5, 5.41) is 10.7. The number of halogens is 1. The summed E-state index contributed by atoms with van der Waals surface area (Å²) in [4.78, 5) is 4.24. The van der Waals surface area contributed by atoms with Crippen LogP contribution in [-0.4, -0.2) is 24.7 Å². The summed E-state index contributed by atoms with van der Waals surface area (Å²) < 4.78 is 5.32. The van der Waals surface area contributed by atoms with Gasteiger partial charge < -0.3 is 15.2 Å². The van der Waals surface area contributed by atoms with E-state index in [0.29, 0.717) is 18.4 Å². The molecule has 0 fully saturated rings. The topological polar surface area (TPSA) is 62.5 Å². The maximum absolute atomic E-state index is 5.32. The lowest BCUT2D eigenvalue weighted by molar-refractivity contribution is 0.372. The Morgan fingerprint density at radius 3 is 2.46 bits per heavy atom. The van der Waals surface area contributed by atoms with Crippen LogP contribution < -0.4 is 10.6 Å². The third-order valence-corrected chi connectivity index (χ3v) is 3.77. The van der Waals surface area contributed by atoms with Gasteiger partial charge in [0.15, 0.2) is 11.7 Å². The molecule has 24 heavy (non-hydrogen) atoms. The summed E-state index contributed by atoms with van der Waals surface area (Å²) >= 11 is 0. The zero-order valence-corrected chi connectivity index (χ0v) is 17.1. The van der Waals surface area contributed by atoms with Gasteiger partial charge in [0.2, 0.25) is 0 Å². The van der Waals surface area contributed by atoms with E-state index in [1.54, 1.807) is 7.05 Å². The van der Waals surface area contributed by atoms with E-state index in [1.807, 2.05) is 12.1 Å². The van der Waals surface area contributed by atoms with Crippen LogP contribution in [0.3, 0.4) is 0 Å². The van der Waals surface area contributed by atoms with E-state index in [0.717, 1.165) is 24.0 Å². The Morgan fingerprint density at radius 2 is 1.88 bits per heavy atom. The summed E-state index contributed by atoms with van der Waals surface area (Å²) in [6, 6.07) is 12.4. The predicted octanol–water partition coefficient (Wildman–Crippen LogP) is 3.88. The van der Waals surface area contributed by atoms with E-state index in [1.165, 1.54) is 5.56 Å². The molecule has 1 aromatic carbocycles. The Balaban J connectivity index is 0.00000288. The molecule has 1 atom stereocenters. The lowest BCUT2D eigenvalue weighted by Crippen LogP contribution is -2.38. The first-order valence-corrected chi connectivity index (χ1v) is 8.05. The van der Waals surface area contributed by atoms with Crippen molar-refractivity contribution in [1.29, 1.82) is 0 Å². The number of rotatable bonds is 6. The summed E-state index contributed by atoms with van der Waals surface area (Å²) in [6.07, 6.45) is 0. The molecular formula is C18H27IN4O. The average Bonchev–Trinajstić information content (AvgIpc) is 3.05. The number of nitrogens with zero attached hydrogens (tertiary/aromatic N) is 2. The molecule has 1 aromatic heterocycles. The van der Waals surface area contributed by atoms with Crippen molar-refractivity contribution in [2.45, 2.75) is 39.2 Å². The molecule has 0 aliphatic carbocycles. The molecule has 132 valence electrons. The Hall–Kier alpha value is -1.57. The van der Waals surface area contributed by atoms with E-state index in [-0.39, 0.29) is 24.0 Å². The number of nitrogens with one attached hydrogen (secondary N) is 2. The molecule has 6 heteroatoms. The van der Waals surface area contributed by atoms with Crippen molar-refractivity contribution < 1.29 is 4.52 Å². The first kappa shape index (κ1) is 20.5. The number of guanidine groups is 1. The van der Waals surface area contributed by atoms with Crippen LogP contribution in [0, 0.1) is 0 Å². The highest BCUT2D eigenvalue weighted by Crippen LogP contribution is 2.14. The molecule has 1 unspecified atom stereocenters. The monoisotopic (exact) mass is 442 g/mol. The molecule has 0 saturated carbocycles. The molecule has 0 aliphatic heterocycles. The normalized spacial score (nSPS) is 12.6. The van der Waals surface area contributed by atoms with Crippen LogP contribution in [0.25, 0.3) is 0 Å². The standard InChI is InChI=1S/C18H26N4O.HI/c1-13(2)17-10-16(23-22-17)12-21-18(19-4)20-11-14(3)15-8-6-5-7-9-15;/h5-10,13-14H,11-12H2,1-4H3,(H2,19,20,21);1H. The highest BCUT2D eigenvalue weighted by atomic mass is 127. The molecule has 2 aromatic rings. The van der Waals surface area contributed by atoms with Crippen molar-refractivity contribution in [1.82, 2.24) is 15.8 Å². The molecule has 1 heterocycles. The number of hydrogen-bond donors (Lipinski definition) is 2. The molecular weight excluding hydrogens is 415 g/mol. The minimum absolute atomic E-state index is 0. The zero-order valence-electron chi connectivity index (χ0n) is 14.7. The van der Waals surface area contributed by atoms with E-state index in [4.69, 9.17) is 4.52 Å². The van der Waals surface area contributed by atoms with Gasteiger partial charge in [0, 0.05) is 19.7 Å². The maximum Gasteiger partial charge on any atom is 0.191 e. The van der Waals surface area contributed by atoms with Crippen LogP contribution >= 0.6 is 24.0 Å². The predicted molar refractivity (Wildman–Crippen MR) is 109 cm³/mol. The van der Waals surface area contributed by atoms with E-state index in [9.17, 15) is 0 Å². The fourth-order valence-corrected chi connectivity index (χ4v) is 2.23. The van der Waals surface area contributed by atoms with Gasteiger partial charge in [0.05, 0.1) is 12.2 Å². The van der Waals surface area contributed by atoms with Crippen molar-refractivity contribution in [3.63, 3.8) is 0 Å². The fourth-order valence-electron chi connectivity index (χ4n) is 2.23. The van der Waals surface area contributed by atoms with Crippen molar-refractivity contribution in [3.8, 4) is 0 Å². The van der Waals surface area contributed by atoms with Crippen molar-refractivity contribution in [2.24, 2.45) is 4.99 Å². The largest absolute Gasteiger partial charge is 0.359 e. The second kappa shape index (κ2) is 10.3. The van der Waals surface area contributed by atoms with Gasteiger partial charge in [-0.25, -0.2) is 0 Å². The van der Waals surface area contributed by atoms with Crippen molar-refractivity contribution in [2.75, 3.05) is 13.6 Å². The number of benzene rings is 1. The zero-order chi connectivity index (χ0) is 16.7. The minimum atomic E-state index is 0. The number of aromatic nitrogens is 1. The first-order valence-electron chi connectivity index (χ1n) is 8.05. The number of hydrogen-bond acceptors (Lipinski definition) is 3. The Kier molecular flexibility index (Phi) is 8.81. The van der Waals surface area contributed by atoms with Gasteiger partial charge in [-0.15, -0.1) is 24.0 Å². The van der Waals surface area contributed by atoms with Gasteiger partial charge in [0.25, 0.3) is 0 Å². The summed E-state index contributed by atoms with van der Waals surface area (Å²) in [5.41, 5.74) is 2.29. The summed E-state index contributed by atoms with van der Waals surface area (Å²) in [6.45, 7) is 7.78. The quantitative estimate of drug-likeness (QED) is 0.405. The molecule has 2 N–H and O–H groups in total. The summed E-state index contributed by atoms with van der Waals surface area (Å²) in [7, 11) is 1.77. The second-order valence-corrected chi connectivity index (χ2v) is 5.99. The van der Waals surface area contributed by atoms with Crippen LogP contribution in [0.5, 0.6) is 0 Å². The van der Waals surface area contributed by atoms with E-state index < -0.39 is 0 Å². The third-order valence-electron chi connectivity index (χ3n) is 3.77. The minimum Gasteiger partial charge on any atom is -0.359 e. The Labute approximate surface area is 161 Å². The smallest absolute Gasteiger partial charge is 0.191 e. The maximum atomic E-state index is 5.32. The van der Waals surface area contributed by atoms with Gasteiger partial charge >= 0.3 is 0 Å². The lowest BCUT2D eigenvalue weighted by Gasteiger charge is -2.15. The van der Waals surface area contributed by atoms with Crippen LogP contribution in [0.4, 0.5) is 0 Å². The van der Waals surface area contributed by atoms with Crippen LogP contribution in [0.2, 0.25) is 0 Å². The van der Waals surface area contributed by atoms with Crippen molar-refractivity contribution >= 4 is 29.9 Å². The lowest BCUT2D eigenvalue weighted by atomic mass is 10.0. The fraction of sp³-hybridized carbons (Fsp3) is 0.444. The summed E-state index contributed by atoms with van der Waals surface area (Å²) in [5.74, 6) is 2.35. The third kappa shape index (κ3) is 6.14. The van der Waals surface area contributed by atoms with E-state index >= 15 is 0 Å². The molecule has 0 saturated heterocycles. The van der Waals surface area contributed by atoms with E-state index in [2.05, 4.69) is 65.8 Å². The second-order valence-electron chi connectivity index (χ2n) is 5.99. The average molecular weight is 442 g/mol. The van der Waals surface area contributed by atoms with Gasteiger partial charge in [-0.1, -0.05) is 56.3 Å². The Morgan fingerprint density at radius 1 is 1.17 bits per heavy atom. The van der Waals surface area contributed by atoms with Gasteiger partial charge in [-0.05, 0) is 17.4 Å². The molecule has 0 amide bonds. The Bertz CT molecular complexity index is 625. The molecule has 0 radical (unpaired) electrons. The van der Waals surface area contributed by atoms with Gasteiger partial charge in [-0.2, -0.15) is 0 Å². The van der Waals surface area contributed by atoms with Gasteiger partial charge in [-0.3, -0.25) is 4.99 Å². The molecule has 2 rings (SSSR count). The van der Waals surface area contributed by atoms with Crippen LogP contribution in [-0.2, 0) is 6.54 Å². The molecule has 0 bridgehead atoms. The highest BCUT2D eigenvalue weighted by molar-refractivity contribution is 14.0. The van der Waals surface area contributed by atoms with Crippen LogP contribution in [0.15, 0.2) is 45.9 Å². The highest BCUT2D eigenvalue weighted by Gasteiger charge is 2.09. The SMILES string of the molecule is CN=C(NCc1cc(C(C)C)no1)NCC(C)c1ccccc1.I. The van der Waals surface area contributed by atoms with Crippen LogP contribution in [0.1, 0.15) is 49.6 Å². The number of aliphatic imine (C=N–C) groups is 1. The first-order chi connectivity index (χ1) is 11.1. The van der Waals surface area contributed by atoms with Crippen molar-refractivity contribution in [3.05, 3.63) is 53.4 Å². The molecule has 5 nitrogen and oxygen atoms in total. The molecule has 0 spiro atoms. The van der Waals surface area contributed by atoms with Gasteiger partial charge in [0.1, 0.15) is 0 Å².